The Labute approximate surface area is 89.5 Å². The van der Waals surface area contributed by atoms with Crippen molar-refractivity contribution in [2.45, 2.75) is 44.7 Å². The van der Waals surface area contributed by atoms with Crippen molar-refractivity contribution in [3.63, 3.8) is 0 Å². The first-order valence-corrected chi connectivity index (χ1v) is 5.74. The predicted molar refractivity (Wildman–Crippen MR) is 59.9 cm³/mol. The standard InChI is InChI=1S/C13H16FN/c1-7-2-3-8-4-9-5-10(14)6-11(9)13(15)12(7)8/h4,7,10H,2-3,5-6,15H2,1H3/t7-,10?/m0/s1. The van der Waals surface area contributed by atoms with Crippen LogP contribution in [0.15, 0.2) is 6.07 Å². The minimum atomic E-state index is -0.708. The van der Waals surface area contributed by atoms with E-state index in [1.807, 2.05) is 0 Å². The van der Waals surface area contributed by atoms with Crippen molar-refractivity contribution < 1.29 is 4.39 Å². The number of nitrogen functional groups attached to an aromatic ring is 1. The van der Waals surface area contributed by atoms with Crippen LogP contribution in [-0.2, 0) is 19.3 Å². The van der Waals surface area contributed by atoms with Crippen LogP contribution in [0, 0.1) is 0 Å². The van der Waals surface area contributed by atoms with Crippen LogP contribution in [-0.4, -0.2) is 6.17 Å². The Bertz CT molecular complexity index is 425. The molecule has 0 aliphatic heterocycles. The second-order valence-electron chi connectivity index (χ2n) is 4.95. The molecular formula is C13H16FN. The van der Waals surface area contributed by atoms with Gasteiger partial charge in [-0.3, -0.25) is 0 Å². The second-order valence-corrected chi connectivity index (χ2v) is 4.95. The number of hydrogen-bond donors (Lipinski definition) is 1. The summed E-state index contributed by atoms with van der Waals surface area (Å²) in [4.78, 5) is 0. The molecule has 0 radical (unpaired) electrons. The maximum Gasteiger partial charge on any atom is 0.108 e. The van der Waals surface area contributed by atoms with Gasteiger partial charge in [-0.15, -0.1) is 0 Å². The average molecular weight is 205 g/mol. The van der Waals surface area contributed by atoms with E-state index in [2.05, 4.69) is 13.0 Å². The number of anilines is 1. The molecule has 1 nitrogen and oxygen atoms in total. The van der Waals surface area contributed by atoms with Gasteiger partial charge in [-0.25, -0.2) is 4.39 Å². The number of aryl methyl sites for hydroxylation is 1. The molecule has 0 spiro atoms. The molecule has 2 aliphatic carbocycles. The maximum atomic E-state index is 13.3. The highest BCUT2D eigenvalue weighted by molar-refractivity contribution is 5.64. The number of benzene rings is 1. The number of fused-ring (bicyclic) bond motifs is 2. The lowest BCUT2D eigenvalue weighted by atomic mass is 9.95. The lowest BCUT2D eigenvalue weighted by Gasteiger charge is -2.13. The van der Waals surface area contributed by atoms with Gasteiger partial charge in [0.05, 0.1) is 0 Å². The first-order valence-electron chi connectivity index (χ1n) is 5.74. The normalized spacial score (nSPS) is 27.9. The van der Waals surface area contributed by atoms with Crippen LogP contribution in [0.3, 0.4) is 0 Å². The zero-order valence-corrected chi connectivity index (χ0v) is 9.02. The minimum Gasteiger partial charge on any atom is -0.398 e. The fourth-order valence-corrected chi connectivity index (χ4v) is 3.14. The summed E-state index contributed by atoms with van der Waals surface area (Å²) in [5.74, 6) is 0.559. The van der Waals surface area contributed by atoms with Gasteiger partial charge in [-0.2, -0.15) is 0 Å². The third-order valence-electron chi connectivity index (χ3n) is 3.90. The zero-order chi connectivity index (χ0) is 10.6. The molecule has 3 rings (SSSR count). The molecule has 0 bridgehead atoms. The van der Waals surface area contributed by atoms with Crippen molar-refractivity contribution in [2.24, 2.45) is 0 Å². The first-order chi connectivity index (χ1) is 7.16. The first kappa shape index (κ1) is 9.20. The fraction of sp³-hybridized carbons (Fsp3) is 0.538. The molecule has 2 N–H and O–H groups in total. The van der Waals surface area contributed by atoms with E-state index in [-0.39, 0.29) is 0 Å². The van der Waals surface area contributed by atoms with E-state index in [9.17, 15) is 4.39 Å². The zero-order valence-electron chi connectivity index (χ0n) is 9.02. The van der Waals surface area contributed by atoms with E-state index in [0.717, 1.165) is 23.2 Å². The van der Waals surface area contributed by atoms with Crippen LogP contribution >= 0.6 is 0 Å². The van der Waals surface area contributed by atoms with Gasteiger partial charge in [0.25, 0.3) is 0 Å². The Hall–Kier alpha value is -1.05. The molecule has 2 atom stereocenters. The van der Waals surface area contributed by atoms with Gasteiger partial charge in [0.1, 0.15) is 6.17 Å². The van der Waals surface area contributed by atoms with Crippen molar-refractivity contribution >= 4 is 5.69 Å². The topological polar surface area (TPSA) is 26.0 Å². The van der Waals surface area contributed by atoms with E-state index in [1.54, 1.807) is 0 Å². The van der Waals surface area contributed by atoms with Crippen molar-refractivity contribution in [2.75, 3.05) is 5.73 Å². The van der Waals surface area contributed by atoms with Gasteiger partial charge in [-0.1, -0.05) is 13.0 Å². The van der Waals surface area contributed by atoms with Gasteiger partial charge in [0, 0.05) is 18.5 Å². The van der Waals surface area contributed by atoms with Crippen LogP contribution in [0.4, 0.5) is 10.1 Å². The van der Waals surface area contributed by atoms with Crippen LogP contribution < -0.4 is 5.73 Å². The highest BCUT2D eigenvalue weighted by atomic mass is 19.1. The molecule has 0 saturated heterocycles. The van der Waals surface area contributed by atoms with E-state index < -0.39 is 6.17 Å². The molecular weight excluding hydrogens is 189 g/mol. The quantitative estimate of drug-likeness (QED) is 0.647. The van der Waals surface area contributed by atoms with Gasteiger partial charge in [0.15, 0.2) is 0 Å². The molecule has 2 aliphatic rings. The Morgan fingerprint density at radius 3 is 2.93 bits per heavy atom. The summed E-state index contributed by atoms with van der Waals surface area (Å²) in [6, 6.07) is 2.20. The third kappa shape index (κ3) is 1.20. The van der Waals surface area contributed by atoms with E-state index in [0.29, 0.717) is 18.8 Å². The van der Waals surface area contributed by atoms with Gasteiger partial charge in [0.2, 0.25) is 0 Å². The monoisotopic (exact) mass is 205 g/mol. The Morgan fingerprint density at radius 1 is 1.33 bits per heavy atom. The molecule has 80 valence electrons. The van der Waals surface area contributed by atoms with Crippen LogP contribution in [0.2, 0.25) is 0 Å². The smallest absolute Gasteiger partial charge is 0.108 e. The van der Waals surface area contributed by atoms with Crippen LogP contribution in [0.1, 0.15) is 41.5 Å². The Balaban J connectivity index is 2.19. The summed E-state index contributed by atoms with van der Waals surface area (Å²) in [7, 11) is 0. The predicted octanol–water partition coefficient (Wildman–Crippen LogP) is 2.76. The number of halogens is 1. The molecule has 0 heterocycles. The molecule has 0 fully saturated rings. The summed E-state index contributed by atoms with van der Waals surface area (Å²) in [6.45, 7) is 2.22. The molecule has 0 saturated carbocycles. The van der Waals surface area contributed by atoms with Gasteiger partial charge in [-0.05, 0) is 41.0 Å². The van der Waals surface area contributed by atoms with Crippen molar-refractivity contribution in [1.29, 1.82) is 0 Å². The maximum absolute atomic E-state index is 13.3. The fourth-order valence-electron chi connectivity index (χ4n) is 3.14. The number of nitrogens with two attached hydrogens (primary N) is 1. The third-order valence-corrected chi connectivity index (χ3v) is 3.90. The lowest BCUT2D eigenvalue weighted by molar-refractivity contribution is 0.349. The molecule has 15 heavy (non-hydrogen) atoms. The number of hydrogen-bond acceptors (Lipinski definition) is 1. The van der Waals surface area contributed by atoms with E-state index >= 15 is 0 Å². The minimum absolute atomic E-state index is 0.529. The highest BCUT2D eigenvalue weighted by Crippen LogP contribution is 2.42. The summed E-state index contributed by atoms with van der Waals surface area (Å²) in [6.07, 6.45) is 2.70. The SMILES string of the molecule is C[C@H]1CCc2cc3c(c(N)c21)CC(F)C3. The van der Waals surface area contributed by atoms with Gasteiger partial charge < -0.3 is 5.73 Å². The van der Waals surface area contributed by atoms with Crippen LogP contribution in [0.25, 0.3) is 0 Å². The van der Waals surface area contributed by atoms with Crippen molar-refractivity contribution in [3.05, 3.63) is 28.3 Å². The summed E-state index contributed by atoms with van der Waals surface area (Å²) >= 11 is 0. The Kier molecular flexibility index (Phi) is 1.82. The Morgan fingerprint density at radius 2 is 2.13 bits per heavy atom. The van der Waals surface area contributed by atoms with Gasteiger partial charge >= 0.3 is 0 Å². The van der Waals surface area contributed by atoms with Crippen molar-refractivity contribution in [1.82, 2.24) is 0 Å². The average Bonchev–Trinajstić information content (AvgIpc) is 2.71. The van der Waals surface area contributed by atoms with E-state index in [1.165, 1.54) is 17.5 Å². The lowest BCUT2D eigenvalue weighted by Crippen LogP contribution is -2.02. The molecule has 0 aromatic heterocycles. The van der Waals surface area contributed by atoms with E-state index in [4.69, 9.17) is 5.73 Å². The summed E-state index contributed by atoms with van der Waals surface area (Å²) in [5.41, 5.74) is 12.0. The summed E-state index contributed by atoms with van der Waals surface area (Å²) in [5, 5.41) is 0. The number of rotatable bonds is 0. The van der Waals surface area contributed by atoms with Crippen LogP contribution in [0.5, 0.6) is 0 Å². The largest absolute Gasteiger partial charge is 0.398 e. The molecule has 1 aromatic rings. The van der Waals surface area contributed by atoms with Crippen molar-refractivity contribution in [3.8, 4) is 0 Å². The molecule has 0 amide bonds. The summed E-state index contributed by atoms with van der Waals surface area (Å²) < 4.78 is 13.3. The number of alkyl halides is 1. The highest BCUT2D eigenvalue weighted by Gasteiger charge is 2.29. The molecule has 2 heteroatoms. The molecule has 1 unspecified atom stereocenters. The molecule has 1 aromatic carbocycles. The second kappa shape index (κ2) is 2.97.